The highest BCUT2D eigenvalue weighted by molar-refractivity contribution is 5.81. The second-order valence-corrected chi connectivity index (χ2v) is 10.1. The second-order valence-electron chi connectivity index (χ2n) is 10.1. The molecule has 0 atom stereocenters. The minimum absolute atomic E-state index is 0.0643. The number of carbonyl (C=O) groups is 2. The van der Waals surface area contributed by atoms with E-state index in [1.54, 1.807) is 4.90 Å². The maximum atomic E-state index is 13.2. The predicted molar refractivity (Wildman–Crippen MR) is 136 cm³/mol. The molecule has 0 radical (unpaired) electrons. The first-order chi connectivity index (χ1) is 16.1. The molecule has 7 nitrogen and oxygen atoms in total. The Labute approximate surface area is 203 Å². The summed E-state index contributed by atoms with van der Waals surface area (Å²) >= 11 is 0. The zero-order valence-electron chi connectivity index (χ0n) is 21.1. The highest BCUT2D eigenvalue weighted by atomic mass is 16.6. The summed E-state index contributed by atoms with van der Waals surface area (Å²) in [4.78, 5) is 31.4. The van der Waals surface area contributed by atoms with Crippen LogP contribution in [0.15, 0.2) is 48.5 Å². The summed E-state index contributed by atoms with van der Waals surface area (Å²) in [6, 6.07) is 16.1. The van der Waals surface area contributed by atoms with E-state index in [0.717, 1.165) is 35.3 Å². The molecule has 0 saturated carbocycles. The molecule has 2 amide bonds. The van der Waals surface area contributed by atoms with Crippen LogP contribution in [-0.2, 0) is 29.0 Å². The van der Waals surface area contributed by atoms with Crippen molar-refractivity contribution >= 4 is 17.7 Å². The number of benzene rings is 2. The quantitative estimate of drug-likeness (QED) is 0.638. The van der Waals surface area contributed by atoms with Crippen LogP contribution in [0.1, 0.15) is 37.5 Å². The zero-order chi connectivity index (χ0) is 24.7. The van der Waals surface area contributed by atoms with Gasteiger partial charge in [-0.15, -0.1) is 0 Å². The molecule has 34 heavy (non-hydrogen) atoms. The highest BCUT2D eigenvalue weighted by Crippen LogP contribution is 2.27. The van der Waals surface area contributed by atoms with Gasteiger partial charge >= 0.3 is 6.09 Å². The van der Waals surface area contributed by atoms with E-state index in [0.29, 0.717) is 26.2 Å². The number of carbonyl (C=O) groups excluding carboxylic acids is 2. The van der Waals surface area contributed by atoms with Gasteiger partial charge in [-0.1, -0.05) is 42.5 Å². The predicted octanol–water partition coefficient (Wildman–Crippen LogP) is 3.98. The van der Waals surface area contributed by atoms with Crippen molar-refractivity contribution in [1.29, 1.82) is 0 Å². The third-order valence-electron chi connectivity index (χ3n) is 5.73. The Kier molecular flexibility index (Phi) is 8.56. The number of nitrogens with zero attached hydrogens (tertiary/aromatic N) is 3. The molecule has 1 N–H and O–H groups in total. The van der Waals surface area contributed by atoms with Crippen molar-refractivity contribution in [3.05, 3.63) is 65.2 Å². The van der Waals surface area contributed by atoms with Gasteiger partial charge < -0.3 is 24.8 Å². The molecule has 184 valence electrons. The lowest BCUT2D eigenvalue weighted by Gasteiger charge is -2.32. The van der Waals surface area contributed by atoms with Gasteiger partial charge in [-0.2, -0.15) is 0 Å². The molecule has 0 unspecified atom stereocenters. The number of hydrogen-bond acceptors (Lipinski definition) is 5. The fourth-order valence-electron chi connectivity index (χ4n) is 3.96. The average molecular weight is 467 g/mol. The number of fused-ring (bicyclic) bond motifs is 1. The van der Waals surface area contributed by atoms with Crippen molar-refractivity contribution < 1.29 is 14.3 Å². The lowest BCUT2D eigenvalue weighted by Crippen LogP contribution is -2.40. The minimum Gasteiger partial charge on any atom is -0.444 e. The van der Waals surface area contributed by atoms with E-state index in [1.807, 2.05) is 88.3 Å². The zero-order valence-corrected chi connectivity index (χ0v) is 21.1. The monoisotopic (exact) mass is 466 g/mol. The molecule has 0 bridgehead atoms. The molecule has 3 rings (SSSR count). The van der Waals surface area contributed by atoms with Crippen LogP contribution in [0, 0.1) is 0 Å². The number of anilines is 1. The first-order valence-electron chi connectivity index (χ1n) is 11.9. The van der Waals surface area contributed by atoms with Crippen molar-refractivity contribution in [2.24, 2.45) is 0 Å². The molecule has 1 heterocycles. The summed E-state index contributed by atoms with van der Waals surface area (Å²) < 4.78 is 5.53. The fraction of sp³-hybridized carbons (Fsp3) is 0.481. The van der Waals surface area contributed by atoms with Crippen molar-refractivity contribution in [2.45, 2.75) is 45.9 Å². The molecule has 0 spiro atoms. The summed E-state index contributed by atoms with van der Waals surface area (Å²) in [5, 5.41) is 3.37. The molecule has 0 saturated heterocycles. The Bertz CT molecular complexity index is 970. The standard InChI is InChI=1S/C27H38N4O3/c1-27(2,3)34-26(33)31-15-14-23-22(20-31)12-9-13-24(23)28-18-25(32)30(17-16-29(4)5)19-21-10-7-6-8-11-21/h6-13,28H,14-20H2,1-5H3. The van der Waals surface area contributed by atoms with E-state index >= 15 is 0 Å². The van der Waals surface area contributed by atoms with Gasteiger partial charge in [0.05, 0.1) is 6.54 Å². The summed E-state index contributed by atoms with van der Waals surface area (Å²) in [5.74, 6) is 0.0643. The molecular formula is C27H38N4O3. The van der Waals surface area contributed by atoms with Crippen LogP contribution in [0.5, 0.6) is 0 Å². The van der Waals surface area contributed by atoms with E-state index in [1.165, 1.54) is 0 Å². The Morgan fingerprint density at radius 3 is 2.44 bits per heavy atom. The van der Waals surface area contributed by atoms with Gasteiger partial charge in [-0.25, -0.2) is 4.79 Å². The third kappa shape index (κ3) is 7.48. The topological polar surface area (TPSA) is 65.1 Å². The Morgan fingerprint density at radius 2 is 1.76 bits per heavy atom. The molecule has 0 aliphatic carbocycles. The van der Waals surface area contributed by atoms with E-state index in [-0.39, 0.29) is 18.5 Å². The summed E-state index contributed by atoms with van der Waals surface area (Å²) in [6.45, 7) is 9.03. The summed E-state index contributed by atoms with van der Waals surface area (Å²) in [7, 11) is 4.03. The van der Waals surface area contributed by atoms with Crippen LogP contribution >= 0.6 is 0 Å². The molecule has 2 aromatic carbocycles. The van der Waals surface area contributed by atoms with Crippen LogP contribution < -0.4 is 5.32 Å². The Morgan fingerprint density at radius 1 is 1.03 bits per heavy atom. The van der Waals surface area contributed by atoms with Crippen LogP contribution in [0.3, 0.4) is 0 Å². The van der Waals surface area contributed by atoms with Gasteiger partial charge in [0.1, 0.15) is 5.60 Å². The van der Waals surface area contributed by atoms with Crippen LogP contribution in [-0.4, -0.2) is 72.6 Å². The van der Waals surface area contributed by atoms with Crippen molar-refractivity contribution in [3.8, 4) is 0 Å². The van der Waals surface area contributed by atoms with Crippen molar-refractivity contribution in [2.75, 3.05) is 45.6 Å². The van der Waals surface area contributed by atoms with Crippen LogP contribution in [0.2, 0.25) is 0 Å². The van der Waals surface area contributed by atoms with E-state index in [9.17, 15) is 9.59 Å². The Hall–Kier alpha value is -3.06. The number of hydrogen-bond donors (Lipinski definition) is 1. The maximum absolute atomic E-state index is 13.2. The normalized spacial score (nSPS) is 13.4. The van der Waals surface area contributed by atoms with Gasteiger partial charge in [-0.3, -0.25) is 4.79 Å². The number of ether oxygens (including phenoxy) is 1. The number of amides is 2. The number of nitrogens with one attached hydrogen (secondary N) is 1. The molecule has 1 aliphatic heterocycles. The summed E-state index contributed by atoms with van der Waals surface area (Å²) in [6.07, 6.45) is 0.435. The van der Waals surface area contributed by atoms with Crippen LogP contribution in [0.4, 0.5) is 10.5 Å². The smallest absolute Gasteiger partial charge is 0.410 e. The summed E-state index contributed by atoms with van der Waals surface area (Å²) in [5.41, 5.74) is 3.82. The van der Waals surface area contributed by atoms with Crippen LogP contribution in [0.25, 0.3) is 0 Å². The molecule has 1 aliphatic rings. The largest absolute Gasteiger partial charge is 0.444 e. The first kappa shape index (κ1) is 25.6. The average Bonchev–Trinajstić information content (AvgIpc) is 2.79. The first-order valence-corrected chi connectivity index (χ1v) is 11.9. The SMILES string of the molecule is CN(C)CCN(Cc1ccccc1)C(=O)CNc1cccc2c1CCN(C(=O)OC(C)(C)C)C2. The molecule has 7 heteroatoms. The van der Waals surface area contributed by atoms with Crippen molar-refractivity contribution in [1.82, 2.24) is 14.7 Å². The van der Waals surface area contributed by atoms with Gasteiger partial charge in [0, 0.05) is 38.4 Å². The van der Waals surface area contributed by atoms with E-state index in [2.05, 4.69) is 10.2 Å². The third-order valence-corrected chi connectivity index (χ3v) is 5.73. The molecule has 0 fully saturated rings. The van der Waals surface area contributed by atoms with Gasteiger partial charge in [0.15, 0.2) is 0 Å². The number of rotatable bonds is 8. The molecule has 2 aromatic rings. The fourth-order valence-corrected chi connectivity index (χ4v) is 3.96. The minimum atomic E-state index is -0.515. The lowest BCUT2D eigenvalue weighted by atomic mass is 9.98. The lowest BCUT2D eigenvalue weighted by molar-refractivity contribution is -0.130. The van der Waals surface area contributed by atoms with E-state index < -0.39 is 5.60 Å². The maximum Gasteiger partial charge on any atom is 0.410 e. The highest BCUT2D eigenvalue weighted by Gasteiger charge is 2.27. The number of likely N-dealkylation sites (N-methyl/N-ethyl adjacent to an activating group) is 1. The molecular weight excluding hydrogens is 428 g/mol. The van der Waals surface area contributed by atoms with Crippen molar-refractivity contribution in [3.63, 3.8) is 0 Å². The second kappa shape index (κ2) is 11.4. The van der Waals surface area contributed by atoms with E-state index in [4.69, 9.17) is 4.74 Å². The van der Waals surface area contributed by atoms with Gasteiger partial charge in [-0.05, 0) is 64.0 Å². The van der Waals surface area contributed by atoms with Gasteiger partial charge in [0.25, 0.3) is 0 Å². The van der Waals surface area contributed by atoms with Gasteiger partial charge in [0.2, 0.25) is 5.91 Å². The Balaban J connectivity index is 1.64. The molecule has 0 aromatic heterocycles.